The molecule has 1 unspecified atom stereocenters. The van der Waals surface area contributed by atoms with Gasteiger partial charge in [0.15, 0.2) is 0 Å². The highest BCUT2D eigenvalue weighted by molar-refractivity contribution is 7.11. The molecule has 0 saturated carbocycles. The molecule has 2 N–H and O–H groups in total. The van der Waals surface area contributed by atoms with Crippen LogP contribution in [0.5, 0.6) is 0 Å². The van der Waals surface area contributed by atoms with Crippen molar-refractivity contribution in [3.63, 3.8) is 0 Å². The Morgan fingerprint density at radius 2 is 1.77 bits per heavy atom. The first-order valence-corrected chi connectivity index (χ1v) is 11.6. The van der Waals surface area contributed by atoms with E-state index in [4.69, 9.17) is 11.2 Å². The number of alkyl carbamates (subject to hydrolysis) is 1. The molecule has 0 radical (unpaired) electrons. The van der Waals surface area contributed by atoms with E-state index in [1.54, 1.807) is 6.92 Å². The number of terminal acetylenes is 1. The van der Waals surface area contributed by atoms with Crippen molar-refractivity contribution in [2.24, 2.45) is 0 Å². The lowest BCUT2D eigenvalue weighted by Gasteiger charge is -2.23. The van der Waals surface area contributed by atoms with E-state index in [0.29, 0.717) is 5.69 Å². The Bertz CT molecular complexity index is 1300. The molecule has 0 saturated heterocycles. The van der Waals surface area contributed by atoms with Gasteiger partial charge in [0.05, 0.1) is 5.69 Å². The van der Waals surface area contributed by atoms with Crippen molar-refractivity contribution in [1.29, 1.82) is 0 Å². The highest BCUT2D eigenvalue weighted by Crippen LogP contribution is 2.44. The minimum atomic E-state index is -1.19. The summed E-state index contributed by atoms with van der Waals surface area (Å²) in [6.07, 6.45) is 4.55. The number of aromatic nitrogens is 1. The van der Waals surface area contributed by atoms with Gasteiger partial charge in [-0.3, -0.25) is 4.79 Å². The maximum Gasteiger partial charge on any atom is 0.407 e. The van der Waals surface area contributed by atoms with Crippen molar-refractivity contribution in [2.45, 2.75) is 25.3 Å². The average Bonchev–Trinajstić information content (AvgIpc) is 3.39. The van der Waals surface area contributed by atoms with E-state index < -0.39 is 24.0 Å². The molecule has 0 bridgehead atoms. The zero-order valence-electron chi connectivity index (χ0n) is 19.1. The van der Waals surface area contributed by atoms with Crippen LogP contribution in [0.1, 0.15) is 39.5 Å². The van der Waals surface area contributed by atoms with E-state index in [1.165, 1.54) is 7.05 Å². The molecule has 35 heavy (non-hydrogen) atoms. The Kier molecular flexibility index (Phi) is 6.85. The number of amides is 2. The second kappa shape index (κ2) is 9.99. The molecule has 1 aliphatic rings. The van der Waals surface area contributed by atoms with Crippen LogP contribution in [0, 0.1) is 19.3 Å². The second-order valence-electron chi connectivity index (χ2n) is 8.08. The molecular weight excluding hydrogens is 466 g/mol. The molecule has 4 rings (SSSR count). The molecule has 0 fully saturated rings. The summed E-state index contributed by atoms with van der Waals surface area (Å²) in [5, 5.41) is 12.2. The quantitative estimate of drug-likeness (QED) is 0.485. The van der Waals surface area contributed by atoms with Gasteiger partial charge < -0.3 is 20.1 Å². The fraction of sp³-hybridized carbons (Fsp3) is 0.231. The fourth-order valence-electron chi connectivity index (χ4n) is 4.27. The van der Waals surface area contributed by atoms with Gasteiger partial charge in [-0.15, -0.1) is 12.3 Å². The number of nitrogens with zero attached hydrogens (tertiary/aromatic N) is 2. The summed E-state index contributed by atoms with van der Waals surface area (Å²) in [7, 11) is 1.42. The Balaban J connectivity index is 1.46. The van der Waals surface area contributed by atoms with Crippen molar-refractivity contribution in [1.82, 2.24) is 9.69 Å². The molecule has 178 valence electrons. The number of fused-ring (bicyclic) bond motifs is 3. The summed E-state index contributed by atoms with van der Waals surface area (Å²) in [4.78, 5) is 38.5. The van der Waals surface area contributed by atoms with Gasteiger partial charge >= 0.3 is 12.1 Å². The molecular formula is C26H23N3O5S. The lowest BCUT2D eigenvalue weighted by Crippen LogP contribution is -2.47. The molecule has 1 heterocycles. The van der Waals surface area contributed by atoms with E-state index >= 15 is 0 Å². The summed E-state index contributed by atoms with van der Waals surface area (Å²) in [5.41, 5.74) is 4.58. The summed E-state index contributed by atoms with van der Waals surface area (Å²) >= 11 is 0.888. The molecule has 2 aromatic carbocycles. The first kappa shape index (κ1) is 24.0. The van der Waals surface area contributed by atoms with Gasteiger partial charge in [0, 0.05) is 19.4 Å². The van der Waals surface area contributed by atoms with Crippen LogP contribution in [0.3, 0.4) is 0 Å². The van der Waals surface area contributed by atoms with E-state index in [1.807, 2.05) is 48.5 Å². The van der Waals surface area contributed by atoms with Crippen molar-refractivity contribution in [3.8, 4) is 23.5 Å². The predicted octanol–water partition coefficient (Wildman–Crippen LogP) is 4.04. The van der Waals surface area contributed by atoms with Crippen molar-refractivity contribution >= 4 is 34.5 Å². The van der Waals surface area contributed by atoms with Gasteiger partial charge in [0.1, 0.15) is 23.2 Å². The predicted molar refractivity (Wildman–Crippen MR) is 133 cm³/mol. The average molecular weight is 490 g/mol. The van der Waals surface area contributed by atoms with E-state index in [-0.39, 0.29) is 29.5 Å². The maximum atomic E-state index is 13.1. The first-order valence-electron chi connectivity index (χ1n) is 10.9. The minimum Gasteiger partial charge on any atom is -0.478 e. The number of likely N-dealkylation sites (N-methyl/N-ethyl adjacent to an activating group) is 1. The Labute approximate surface area is 206 Å². The number of nitrogens with one attached hydrogen (secondary N) is 1. The van der Waals surface area contributed by atoms with Gasteiger partial charge in [-0.05, 0) is 40.7 Å². The summed E-state index contributed by atoms with van der Waals surface area (Å²) in [6, 6.07) is 14.8. The van der Waals surface area contributed by atoms with Crippen LogP contribution < -0.4 is 10.2 Å². The topological polar surface area (TPSA) is 109 Å². The molecule has 1 aliphatic carbocycles. The summed E-state index contributed by atoms with van der Waals surface area (Å²) in [5.74, 6) is 0.493. The van der Waals surface area contributed by atoms with Gasteiger partial charge in [-0.1, -0.05) is 48.5 Å². The normalized spacial score (nSPS) is 12.7. The first-order chi connectivity index (χ1) is 16.8. The third-order valence-electron chi connectivity index (χ3n) is 5.95. The van der Waals surface area contributed by atoms with E-state index in [9.17, 15) is 19.5 Å². The molecule has 1 aromatic heterocycles. The molecule has 0 spiro atoms. The number of aromatic carboxylic acids is 1. The van der Waals surface area contributed by atoms with Crippen LogP contribution in [0.2, 0.25) is 0 Å². The van der Waals surface area contributed by atoms with Crippen LogP contribution >= 0.6 is 11.5 Å². The van der Waals surface area contributed by atoms with Crippen LogP contribution in [-0.2, 0) is 9.53 Å². The number of benzene rings is 2. The molecule has 3 aromatic rings. The summed E-state index contributed by atoms with van der Waals surface area (Å²) < 4.78 is 9.56. The van der Waals surface area contributed by atoms with Crippen molar-refractivity contribution in [2.75, 3.05) is 18.6 Å². The fourth-order valence-corrected chi connectivity index (χ4v) is 5.12. The van der Waals surface area contributed by atoms with Gasteiger partial charge in [0.25, 0.3) is 5.91 Å². The maximum absolute atomic E-state index is 13.1. The molecule has 2 amide bonds. The number of rotatable bonds is 7. The van der Waals surface area contributed by atoms with Crippen LogP contribution in [-0.4, -0.2) is 47.1 Å². The van der Waals surface area contributed by atoms with Crippen LogP contribution in [0.25, 0.3) is 11.1 Å². The minimum absolute atomic E-state index is 0.0635. The second-order valence-corrected chi connectivity index (χ2v) is 8.83. The zero-order chi connectivity index (χ0) is 25.1. The number of carbonyl (C=O) groups is 3. The molecule has 9 heteroatoms. The lowest BCUT2D eigenvalue weighted by molar-refractivity contribution is -0.120. The number of aryl methyl sites for hydroxylation is 1. The number of hydrogen-bond donors (Lipinski definition) is 2. The highest BCUT2D eigenvalue weighted by Gasteiger charge is 2.32. The van der Waals surface area contributed by atoms with E-state index in [0.717, 1.165) is 38.7 Å². The summed E-state index contributed by atoms with van der Waals surface area (Å²) in [6.45, 7) is 1.64. The standard InChI is InChI=1S/C26H23N3O5S/c1-4-9-21(23(30)29(3)24-22(25(31)32)15(2)28-35-24)27-26(33)34-14-20-18-12-7-5-10-16(18)17-11-6-8-13-19(17)20/h1,5-8,10-13,20-21H,9,14H2,2-3H3,(H,27,33)(H,31,32). The van der Waals surface area contributed by atoms with E-state index in [2.05, 4.69) is 15.6 Å². The smallest absolute Gasteiger partial charge is 0.407 e. The SMILES string of the molecule is C#CCC(NC(=O)OCC1c2ccccc2-c2ccccc21)C(=O)N(C)c1snc(C)c1C(=O)O. The Morgan fingerprint density at radius 3 is 2.34 bits per heavy atom. The van der Waals surface area contributed by atoms with Crippen LogP contribution in [0.4, 0.5) is 9.80 Å². The lowest BCUT2D eigenvalue weighted by atomic mass is 9.98. The largest absolute Gasteiger partial charge is 0.478 e. The third-order valence-corrected chi connectivity index (χ3v) is 6.97. The number of hydrogen-bond acceptors (Lipinski definition) is 6. The number of ether oxygens (including phenoxy) is 1. The zero-order valence-corrected chi connectivity index (χ0v) is 20.0. The van der Waals surface area contributed by atoms with Crippen LogP contribution in [0.15, 0.2) is 48.5 Å². The number of carboxylic acids is 1. The Hall–Kier alpha value is -4.16. The molecule has 8 nitrogen and oxygen atoms in total. The monoisotopic (exact) mass is 489 g/mol. The molecule has 0 aliphatic heterocycles. The van der Waals surface area contributed by atoms with Gasteiger partial charge in [0.2, 0.25) is 0 Å². The highest BCUT2D eigenvalue weighted by atomic mass is 32.1. The van der Waals surface area contributed by atoms with Gasteiger partial charge in [-0.2, -0.15) is 4.37 Å². The van der Waals surface area contributed by atoms with Gasteiger partial charge in [-0.25, -0.2) is 9.59 Å². The van der Waals surface area contributed by atoms with Crippen molar-refractivity contribution in [3.05, 3.63) is 70.9 Å². The Morgan fingerprint density at radius 1 is 1.17 bits per heavy atom. The number of carbonyl (C=O) groups excluding carboxylic acids is 2. The number of carboxylic acid groups (broad SMARTS) is 1. The van der Waals surface area contributed by atoms with Crippen molar-refractivity contribution < 1.29 is 24.2 Å². The third kappa shape index (κ3) is 4.61. The number of anilines is 1. The molecule has 1 atom stereocenters.